The van der Waals surface area contributed by atoms with E-state index in [9.17, 15) is 18.0 Å². The number of amides is 1. The van der Waals surface area contributed by atoms with Gasteiger partial charge in [0.05, 0.1) is 22.3 Å². The SMILES string of the molecule is CCCn1c(SCC(N)=O)nc2ccc(C(F)(F)F)cc21. The van der Waals surface area contributed by atoms with Crippen molar-refractivity contribution in [3.8, 4) is 0 Å². The molecule has 0 radical (unpaired) electrons. The van der Waals surface area contributed by atoms with E-state index in [-0.39, 0.29) is 5.75 Å². The van der Waals surface area contributed by atoms with Gasteiger partial charge in [-0.25, -0.2) is 4.98 Å². The van der Waals surface area contributed by atoms with Crippen molar-refractivity contribution in [3.63, 3.8) is 0 Å². The molecule has 0 unspecified atom stereocenters. The van der Waals surface area contributed by atoms with Gasteiger partial charge in [0, 0.05) is 6.54 Å². The number of benzene rings is 1. The number of imidazole rings is 1. The standard InChI is InChI=1S/C13H14F3N3OS/c1-2-5-19-10-6-8(13(14,15)16)3-4-9(10)18-12(19)21-7-11(17)20/h3-4,6H,2,5,7H2,1H3,(H2,17,20). The molecule has 0 fully saturated rings. The molecule has 1 amide bonds. The summed E-state index contributed by atoms with van der Waals surface area (Å²) in [5.74, 6) is -0.454. The number of primary amides is 1. The fourth-order valence-electron chi connectivity index (χ4n) is 1.96. The molecule has 2 rings (SSSR count). The summed E-state index contributed by atoms with van der Waals surface area (Å²) >= 11 is 1.13. The van der Waals surface area contributed by atoms with E-state index in [1.807, 2.05) is 6.92 Å². The molecule has 0 aliphatic carbocycles. The summed E-state index contributed by atoms with van der Waals surface area (Å²) in [7, 11) is 0. The first-order valence-electron chi connectivity index (χ1n) is 6.31. The summed E-state index contributed by atoms with van der Waals surface area (Å²) in [5, 5.41) is 0.505. The van der Waals surface area contributed by atoms with Crippen LogP contribution in [-0.4, -0.2) is 21.2 Å². The number of fused-ring (bicyclic) bond motifs is 1. The van der Waals surface area contributed by atoms with Crippen molar-refractivity contribution in [2.24, 2.45) is 5.73 Å². The van der Waals surface area contributed by atoms with E-state index >= 15 is 0 Å². The minimum atomic E-state index is -4.39. The van der Waals surface area contributed by atoms with Gasteiger partial charge in [0.2, 0.25) is 5.91 Å². The quantitative estimate of drug-likeness (QED) is 0.862. The predicted molar refractivity (Wildman–Crippen MR) is 74.9 cm³/mol. The van der Waals surface area contributed by atoms with Gasteiger partial charge in [-0.1, -0.05) is 18.7 Å². The second kappa shape index (κ2) is 5.97. The first kappa shape index (κ1) is 15.7. The van der Waals surface area contributed by atoms with Crippen LogP contribution in [0.15, 0.2) is 23.4 Å². The number of nitrogens with zero attached hydrogens (tertiary/aromatic N) is 2. The topological polar surface area (TPSA) is 60.9 Å². The van der Waals surface area contributed by atoms with E-state index in [1.165, 1.54) is 6.07 Å². The van der Waals surface area contributed by atoms with Crippen LogP contribution in [0.25, 0.3) is 11.0 Å². The molecule has 1 aromatic heterocycles. The number of thioether (sulfide) groups is 1. The van der Waals surface area contributed by atoms with E-state index in [2.05, 4.69) is 4.98 Å². The molecule has 0 saturated heterocycles. The van der Waals surface area contributed by atoms with Crippen molar-refractivity contribution >= 4 is 28.7 Å². The third-order valence-electron chi connectivity index (χ3n) is 2.83. The van der Waals surface area contributed by atoms with Crippen LogP contribution in [0.2, 0.25) is 0 Å². The van der Waals surface area contributed by atoms with Crippen molar-refractivity contribution in [2.75, 3.05) is 5.75 Å². The Hall–Kier alpha value is -1.70. The lowest BCUT2D eigenvalue weighted by Crippen LogP contribution is -2.13. The Labute approximate surface area is 123 Å². The van der Waals surface area contributed by atoms with Crippen LogP contribution >= 0.6 is 11.8 Å². The van der Waals surface area contributed by atoms with Crippen LogP contribution in [0.1, 0.15) is 18.9 Å². The van der Waals surface area contributed by atoms with Crippen molar-refractivity contribution in [3.05, 3.63) is 23.8 Å². The van der Waals surface area contributed by atoms with Crippen molar-refractivity contribution in [2.45, 2.75) is 31.2 Å². The zero-order chi connectivity index (χ0) is 15.6. The summed E-state index contributed by atoms with van der Waals surface area (Å²) in [6.07, 6.45) is -3.65. The third kappa shape index (κ3) is 3.49. The number of aryl methyl sites for hydroxylation is 1. The monoisotopic (exact) mass is 317 g/mol. The molecular formula is C13H14F3N3OS. The summed E-state index contributed by atoms with van der Waals surface area (Å²) in [6.45, 7) is 2.45. The van der Waals surface area contributed by atoms with E-state index in [0.29, 0.717) is 22.7 Å². The maximum atomic E-state index is 12.8. The highest BCUT2D eigenvalue weighted by Gasteiger charge is 2.31. The van der Waals surface area contributed by atoms with E-state index in [4.69, 9.17) is 5.73 Å². The Kier molecular flexibility index (Phi) is 4.46. The lowest BCUT2D eigenvalue weighted by Gasteiger charge is -2.09. The van der Waals surface area contributed by atoms with Gasteiger partial charge < -0.3 is 10.3 Å². The molecule has 21 heavy (non-hydrogen) atoms. The number of hydrogen-bond acceptors (Lipinski definition) is 3. The van der Waals surface area contributed by atoms with E-state index < -0.39 is 17.6 Å². The first-order chi connectivity index (χ1) is 9.82. The smallest absolute Gasteiger partial charge is 0.369 e. The number of aromatic nitrogens is 2. The number of rotatable bonds is 5. The van der Waals surface area contributed by atoms with Gasteiger partial charge in [-0.05, 0) is 24.6 Å². The molecule has 0 atom stereocenters. The molecular weight excluding hydrogens is 303 g/mol. The van der Waals surface area contributed by atoms with Crippen LogP contribution in [0.5, 0.6) is 0 Å². The lowest BCUT2D eigenvalue weighted by molar-refractivity contribution is -0.137. The van der Waals surface area contributed by atoms with Gasteiger partial charge in [0.1, 0.15) is 0 Å². The molecule has 0 saturated carbocycles. The zero-order valence-corrected chi connectivity index (χ0v) is 12.1. The summed E-state index contributed by atoms with van der Waals surface area (Å²) in [4.78, 5) is 15.1. The number of carbonyl (C=O) groups is 1. The van der Waals surface area contributed by atoms with Crippen molar-refractivity contribution in [1.82, 2.24) is 9.55 Å². The third-order valence-corrected chi connectivity index (χ3v) is 3.83. The maximum absolute atomic E-state index is 12.8. The largest absolute Gasteiger partial charge is 0.416 e. The Balaban J connectivity index is 2.50. The molecule has 0 spiro atoms. The maximum Gasteiger partial charge on any atom is 0.416 e. The summed E-state index contributed by atoms with van der Waals surface area (Å²) in [5.41, 5.74) is 5.28. The molecule has 4 nitrogen and oxygen atoms in total. The predicted octanol–water partition coefficient (Wildman–Crippen LogP) is 3.04. The van der Waals surface area contributed by atoms with Crippen LogP contribution in [0.4, 0.5) is 13.2 Å². The Morgan fingerprint density at radius 1 is 1.43 bits per heavy atom. The number of carbonyl (C=O) groups excluding carboxylic acids is 1. The van der Waals surface area contributed by atoms with Crippen LogP contribution in [-0.2, 0) is 17.5 Å². The van der Waals surface area contributed by atoms with Crippen LogP contribution < -0.4 is 5.73 Å². The molecule has 2 aromatic rings. The molecule has 1 aromatic carbocycles. The number of alkyl halides is 3. The van der Waals surface area contributed by atoms with Gasteiger partial charge in [0.25, 0.3) is 0 Å². The fraction of sp³-hybridized carbons (Fsp3) is 0.385. The highest BCUT2D eigenvalue weighted by molar-refractivity contribution is 7.99. The highest BCUT2D eigenvalue weighted by Crippen LogP contribution is 2.33. The molecule has 114 valence electrons. The molecule has 0 aliphatic rings. The zero-order valence-electron chi connectivity index (χ0n) is 11.3. The normalized spacial score (nSPS) is 12.0. The van der Waals surface area contributed by atoms with Crippen molar-refractivity contribution < 1.29 is 18.0 Å². The average Bonchev–Trinajstić information content (AvgIpc) is 2.73. The van der Waals surface area contributed by atoms with Gasteiger partial charge in [-0.15, -0.1) is 0 Å². The molecule has 0 bridgehead atoms. The minimum Gasteiger partial charge on any atom is -0.369 e. The van der Waals surface area contributed by atoms with E-state index in [1.54, 1.807) is 4.57 Å². The Bertz CT molecular complexity index is 666. The van der Waals surface area contributed by atoms with Crippen molar-refractivity contribution in [1.29, 1.82) is 0 Å². The van der Waals surface area contributed by atoms with Crippen LogP contribution in [0.3, 0.4) is 0 Å². The number of nitrogens with two attached hydrogens (primary N) is 1. The van der Waals surface area contributed by atoms with Gasteiger partial charge in [-0.2, -0.15) is 13.2 Å². The Morgan fingerprint density at radius 2 is 2.14 bits per heavy atom. The minimum absolute atomic E-state index is 0.0408. The summed E-state index contributed by atoms with van der Waals surface area (Å²) in [6, 6.07) is 3.44. The first-order valence-corrected chi connectivity index (χ1v) is 7.30. The second-order valence-corrected chi connectivity index (χ2v) is 5.44. The fourth-order valence-corrected chi connectivity index (χ4v) is 2.74. The average molecular weight is 317 g/mol. The molecule has 0 aliphatic heterocycles. The molecule has 1 heterocycles. The van der Waals surface area contributed by atoms with Gasteiger partial charge in [-0.3, -0.25) is 4.79 Å². The van der Waals surface area contributed by atoms with E-state index in [0.717, 1.165) is 30.3 Å². The van der Waals surface area contributed by atoms with Crippen LogP contribution in [0, 0.1) is 0 Å². The summed E-state index contributed by atoms with van der Waals surface area (Å²) < 4.78 is 40.1. The van der Waals surface area contributed by atoms with Gasteiger partial charge in [0.15, 0.2) is 5.16 Å². The lowest BCUT2D eigenvalue weighted by atomic mass is 10.2. The highest BCUT2D eigenvalue weighted by atomic mass is 32.2. The number of hydrogen-bond donors (Lipinski definition) is 1. The van der Waals surface area contributed by atoms with Gasteiger partial charge >= 0.3 is 6.18 Å². The molecule has 8 heteroatoms. The number of halogens is 3. The Morgan fingerprint density at radius 3 is 2.71 bits per heavy atom. The second-order valence-electron chi connectivity index (χ2n) is 4.50. The molecule has 2 N–H and O–H groups in total.